The van der Waals surface area contributed by atoms with Gasteiger partial charge in [-0.3, -0.25) is 15.1 Å². The molecule has 0 fully saturated rings. The van der Waals surface area contributed by atoms with Crippen LogP contribution in [0.25, 0.3) is 22.7 Å². The molecule has 3 heterocycles. The number of hydrogen-bond acceptors (Lipinski definition) is 6. The highest BCUT2D eigenvalue weighted by Gasteiger charge is 2.20. The van der Waals surface area contributed by atoms with Gasteiger partial charge in [0.05, 0.1) is 11.9 Å². The molecule has 1 amide bonds. The van der Waals surface area contributed by atoms with Gasteiger partial charge in [-0.15, -0.1) is 11.3 Å². The molecular weight excluding hydrogens is 379 g/mol. The number of carbonyl (C=O) groups excluding carboxylic acids is 1. The van der Waals surface area contributed by atoms with Crippen LogP contribution in [0.2, 0.25) is 0 Å². The molecule has 1 N–H and O–H groups in total. The van der Waals surface area contributed by atoms with Crippen molar-refractivity contribution in [1.29, 1.82) is 0 Å². The van der Waals surface area contributed by atoms with E-state index in [4.69, 9.17) is 4.52 Å². The van der Waals surface area contributed by atoms with E-state index in [-0.39, 0.29) is 17.1 Å². The first-order chi connectivity index (χ1) is 13.5. The number of pyridine rings is 1. The average molecular weight is 394 g/mol. The minimum atomic E-state index is -0.405. The summed E-state index contributed by atoms with van der Waals surface area (Å²) in [5.74, 6) is -0.505. The third kappa shape index (κ3) is 3.54. The molecule has 0 aliphatic heterocycles. The number of aryl methyl sites for hydroxylation is 2. The summed E-state index contributed by atoms with van der Waals surface area (Å²) >= 11 is 1.36. The molecular formula is C20H15FN4O2S. The molecule has 0 bridgehead atoms. The van der Waals surface area contributed by atoms with E-state index in [2.05, 4.69) is 20.4 Å². The summed E-state index contributed by atoms with van der Waals surface area (Å²) in [5, 5.41) is 6.94. The van der Waals surface area contributed by atoms with Gasteiger partial charge < -0.3 is 4.52 Å². The number of thiazole rings is 1. The van der Waals surface area contributed by atoms with E-state index in [0.29, 0.717) is 10.7 Å². The Balaban J connectivity index is 1.60. The summed E-state index contributed by atoms with van der Waals surface area (Å²) in [4.78, 5) is 22.6. The number of anilines is 1. The molecule has 0 atom stereocenters. The number of hydrogen-bond donors (Lipinski definition) is 1. The van der Waals surface area contributed by atoms with Crippen LogP contribution in [0, 0.1) is 19.7 Å². The maximum absolute atomic E-state index is 13.1. The standard InChI is InChI=1S/C20H15FN4O2S/c1-11-4-3-5-16(23-11)17-12(2)28-20(24-17)25-19(26)15-10-22-27-18(15)13-6-8-14(21)9-7-13/h3-10H,1-2H3,(H,24,25,26). The second-order valence-corrected chi connectivity index (χ2v) is 7.32. The van der Waals surface area contributed by atoms with Gasteiger partial charge in [-0.25, -0.2) is 9.37 Å². The van der Waals surface area contributed by atoms with Crippen molar-refractivity contribution in [2.75, 3.05) is 5.32 Å². The van der Waals surface area contributed by atoms with Crippen LogP contribution in [0.3, 0.4) is 0 Å². The van der Waals surface area contributed by atoms with Crippen molar-refractivity contribution < 1.29 is 13.7 Å². The van der Waals surface area contributed by atoms with E-state index in [1.165, 1.54) is 41.8 Å². The molecule has 0 unspecified atom stereocenters. The second-order valence-electron chi connectivity index (χ2n) is 6.12. The molecule has 3 aromatic heterocycles. The summed E-state index contributed by atoms with van der Waals surface area (Å²) in [6.45, 7) is 3.84. The van der Waals surface area contributed by atoms with Gasteiger partial charge in [-0.1, -0.05) is 11.2 Å². The highest BCUT2D eigenvalue weighted by Crippen LogP contribution is 2.30. The molecule has 1 aromatic carbocycles. The molecule has 0 saturated carbocycles. The van der Waals surface area contributed by atoms with Gasteiger partial charge in [0.1, 0.15) is 17.1 Å². The minimum Gasteiger partial charge on any atom is -0.355 e. The van der Waals surface area contributed by atoms with Gasteiger partial charge in [-0.2, -0.15) is 0 Å². The maximum atomic E-state index is 13.1. The Hall–Kier alpha value is -3.39. The lowest BCUT2D eigenvalue weighted by molar-refractivity contribution is 0.102. The van der Waals surface area contributed by atoms with Crippen LogP contribution < -0.4 is 5.32 Å². The van der Waals surface area contributed by atoms with Gasteiger partial charge in [0.2, 0.25) is 0 Å². The maximum Gasteiger partial charge on any atom is 0.263 e. The van der Waals surface area contributed by atoms with Gasteiger partial charge in [0, 0.05) is 16.1 Å². The third-order valence-corrected chi connectivity index (χ3v) is 4.96. The molecule has 6 nitrogen and oxygen atoms in total. The molecule has 0 saturated heterocycles. The summed E-state index contributed by atoms with van der Waals surface area (Å²) in [5.41, 5.74) is 3.18. The summed E-state index contributed by atoms with van der Waals surface area (Å²) in [6, 6.07) is 11.4. The van der Waals surface area contributed by atoms with Crippen LogP contribution >= 0.6 is 11.3 Å². The molecule has 4 rings (SSSR count). The van der Waals surface area contributed by atoms with E-state index in [9.17, 15) is 9.18 Å². The van der Waals surface area contributed by atoms with E-state index in [1.54, 1.807) is 0 Å². The van der Waals surface area contributed by atoms with Gasteiger partial charge >= 0.3 is 0 Å². The average Bonchev–Trinajstić information content (AvgIpc) is 3.29. The van der Waals surface area contributed by atoms with Crippen LogP contribution in [-0.2, 0) is 0 Å². The van der Waals surface area contributed by atoms with E-state index >= 15 is 0 Å². The fourth-order valence-corrected chi connectivity index (χ4v) is 3.56. The monoisotopic (exact) mass is 394 g/mol. The highest BCUT2D eigenvalue weighted by atomic mass is 32.1. The van der Waals surface area contributed by atoms with Crippen LogP contribution in [0.1, 0.15) is 20.9 Å². The Labute approximate surface area is 164 Å². The van der Waals surface area contributed by atoms with Crippen LogP contribution in [0.4, 0.5) is 9.52 Å². The zero-order valence-corrected chi connectivity index (χ0v) is 15.9. The van der Waals surface area contributed by atoms with Crippen molar-refractivity contribution in [1.82, 2.24) is 15.1 Å². The number of rotatable bonds is 4. The first-order valence-corrected chi connectivity index (χ1v) is 9.26. The molecule has 0 radical (unpaired) electrons. The Morgan fingerprint density at radius 2 is 1.89 bits per heavy atom. The van der Waals surface area contributed by atoms with Crippen LogP contribution in [0.5, 0.6) is 0 Å². The Kier molecular flexibility index (Phi) is 4.70. The number of benzene rings is 1. The van der Waals surface area contributed by atoms with E-state index in [1.807, 2.05) is 32.0 Å². The summed E-state index contributed by atoms with van der Waals surface area (Å²) < 4.78 is 18.3. The quantitative estimate of drug-likeness (QED) is 0.534. The fourth-order valence-electron chi connectivity index (χ4n) is 2.74. The topological polar surface area (TPSA) is 80.9 Å². The molecule has 4 aromatic rings. The van der Waals surface area contributed by atoms with Crippen molar-refractivity contribution in [3.8, 4) is 22.7 Å². The number of halogens is 1. The molecule has 0 aliphatic rings. The number of nitrogens with zero attached hydrogens (tertiary/aromatic N) is 3. The lowest BCUT2D eigenvalue weighted by atomic mass is 10.1. The Morgan fingerprint density at radius 1 is 1.11 bits per heavy atom. The molecule has 0 spiro atoms. The Morgan fingerprint density at radius 3 is 2.64 bits per heavy atom. The van der Waals surface area contributed by atoms with Crippen molar-refractivity contribution >= 4 is 22.4 Å². The predicted molar refractivity (Wildman–Crippen MR) is 105 cm³/mol. The lowest BCUT2D eigenvalue weighted by Gasteiger charge is -2.02. The molecule has 8 heteroatoms. The van der Waals surface area contributed by atoms with Crippen molar-refractivity contribution in [3.63, 3.8) is 0 Å². The summed E-state index contributed by atoms with van der Waals surface area (Å²) in [6.07, 6.45) is 1.33. The zero-order valence-electron chi connectivity index (χ0n) is 15.1. The van der Waals surface area contributed by atoms with Crippen molar-refractivity contribution in [3.05, 3.63) is 70.6 Å². The zero-order chi connectivity index (χ0) is 19.7. The van der Waals surface area contributed by atoms with Crippen LogP contribution in [-0.4, -0.2) is 21.0 Å². The number of carbonyl (C=O) groups is 1. The van der Waals surface area contributed by atoms with Gasteiger partial charge in [0.25, 0.3) is 5.91 Å². The van der Waals surface area contributed by atoms with E-state index in [0.717, 1.165) is 22.0 Å². The third-order valence-electron chi connectivity index (χ3n) is 4.07. The van der Waals surface area contributed by atoms with Gasteiger partial charge in [0.15, 0.2) is 10.9 Å². The Bertz CT molecular complexity index is 1150. The largest absolute Gasteiger partial charge is 0.355 e. The number of amides is 1. The van der Waals surface area contributed by atoms with E-state index < -0.39 is 5.91 Å². The molecule has 28 heavy (non-hydrogen) atoms. The van der Waals surface area contributed by atoms with Crippen molar-refractivity contribution in [2.45, 2.75) is 13.8 Å². The lowest BCUT2D eigenvalue weighted by Crippen LogP contribution is -2.11. The summed E-state index contributed by atoms with van der Waals surface area (Å²) in [7, 11) is 0. The highest BCUT2D eigenvalue weighted by molar-refractivity contribution is 7.16. The van der Waals surface area contributed by atoms with Crippen molar-refractivity contribution in [2.24, 2.45) is 0 Å². The SMILES string of the molecule is Cc1cccc(-c2nc(NC(=O)c3cnoc3-c3ccc(F)cc3)sc2C)n1. The minimum absolute atomic E-state index is 0.245. The van der Waals surface area contributed by atoms with Crippen LogP contribution in [0.15, 0.2) is 53.2 Å². The normalized spacial score (nSPS) is 10.8. The smallest absolute Gasteiger partial charge is 0.263 e. The molecule has 140 valence electrons. The molecule has 0 aliphatic carbocycles. The van der Waals surface area contributed by atoms with Gasteiger partial charge in [-0.05, 0) is 50.2 Å². The number of nitrogens with one attached hydrogen (secondary N) is 1. The second kappa shape index (κ2) is 7.32. The first-order valence-electron chi connectivity index (χ1n) is 8.44. The fraction of sp³-hybridized carbons (Fsp3) is 0.100. The first kappa shape index (κ1) is 18.0. The predicted octanol–water partition coefficient (Wildman–Crippen LogP) is 4.87. The number of aromatic nitrogens is 3.